The molecule has 3 aromatic carbocycles. The van der Waals surface area contributed by atoms with Gasteiger partial charge in [0.1, 0.15) is 0 Å². The third-order valence-electron chi connectivity index (χ3n) is 5.58. The average Bonchev–Trinajstić information content (AvgIpc) is 2.96. The number of amides is 1. The highest BCUT2D eigenvalue weighted by Gasteiger charge is 2.51. The van der Waals surface area contributed by atoms with Crippen LogP contribution in [0, 0.1) is 0 Å². The zero-order valence-corrected chi connectivity index (χ0v) is 18.2. The van der Waals surface area contributed by atoms with Gasteiger partial charge in [-0.1, -0.05) is 77.5 Å². The highest BCUT2D eigenvalue weighted by molar-refractivity contribution is 9.10. The minimum Gasteiger partial charge on any atom is -0.375 e. The number of anilines is 1. The van der Waals surface area contributed by atoms with Crippen molar-refractivity contribution >= 4 is 33.3 Å². The maximum atomic E-state index is 13.4. The summed E-state index contributed by atoms with van der Waals surface area (Å²) in [5, 5.41) is 11.5. The summed E-state index contributed by atoms with van der Waals surface area (Å²) in [5.41, 5.74) is 1.76. The Bertz CT molecular complexity index is 1100. The lowest BCUT2D eigenvalue weighted by Gasteiger charge is -2.23. The van der Waals surface area contributed by atoms with E-state index in [1.54, 1.807) is 29.2 Å². The van der Waals surface area contributed by atoms with Gasteiger partial charge in [0.25, 0.3) is 5.91 Å². The minimum atomic E-state index is -1.89. The number of aliphatic hydroxyl groups is 1. The molecular weight excluding hydrogens is 442 g/mol. The number of carbonyl (C=O) groups is 2. The van der Waals surface area contributed by atoms with Crippen molar-refractivity contribution in [3.05, 3.63) is 99.5 Å². The number of fused-ring (bicyclic) bond motifs is 1. The molecule has 5 heteroatoms. The van der Waals surface area contributed by atoms with Crippen LogP contribution in [0.1, 0.15) is 40.4 Å². The first kappa shape index (κ1) is 20.5. The van der Waals surface area contributed by atoms with Gasteiger partial charge in [0.05, 0.1) is 18.7 Å². The van der Waals surface area contributed by atoms with Crippen LogP contribution in [0.3, 0.4) is 0 Å². The Hall–Kier alpha value is -2.76. The van der Waals surface area contributed by atoms with E-state index in [1.165, 1.54) is 0 Å². The van der Waals surface area contributed by atoms with E-state index < -0.39 is 11.5 Å². The average molecular weight is 464 g/mol. The Balaban J connectivity index is 1.68. The fourth-order valence-electron chi connectivity index (χ4n) is 3.88. The fraction of sp³-hybridized carbons (Fsp3) is 0.200. The van der Waals surface area contributed by atoms with E-state index in [2.05, 4.69) is 15.9 Å². The number of hydrogen-bond acceptors (Lipinski definition) is 3. The van der Waals surface area contributed by atoms with Crippen molar-refractivity contribution in [3.63, 3.8) is 0 Å². The predicted molar refractivity (Wildman–Crippen MR) is 120 cm³/mol. The van der Waals surface area contributed by atoms with Crippen molar-refractivity contribution in [2.75, 3.05) is 4.90 Å². The third-order valence-corrected chi connectivity index (χ3v) is 6.07. The number of Topliss-reactive ketones (excluding diaryl/α,β-unsaturated/α-hetero) is 1. The number of rotatable bonds is 6. The summed E-state index contributed by atoms with van der Waals surface area (Å²) in [5.74, 6) is -0.737. The van der Waals surface area contributed by atoms with Crippen LogP contribution in [0.2, 0.25) is 0 Å². The maximum absolute atomic E-state index is 13.4. The minimum absolute atomic E-state index is 0.263. The van der Waals surface area contributed by atoms with Crippen molar-refractivity contribution in [1.82, 2.24) is 0 Å². The first-order valence-electron chi connectivity index (χ1n) is 9.93. The Kier molecular flexibility index (Phi) is 5.58. The third kappa shape index (κ3) is 3.71. The number of halogens is 1. The lowest BCUT2D eigenvalue weighted by Crippen LogP contribution is -2.41. The summed E-state index contributed by atoms with van der Waals surface area (Å²) >= 11 is 3.42. The molecule has 4 nitrogen and oxygen atoms in total. The summed E-state index contributed by atoms with van der Waals surface area (Å²) in [6.07, 6.45) is 0.582. The molecule has 1 atom stereocenters. The Morgan fingerprint density at radius 3 is 2.37 bits per heavy atom. The van der Waals surface area contributed by atoms with E-state index in [1.807, 2.05) is 55.5 Å². The molecule has 0 radical (unpaired) electrons. The molecule has 0 unspecified atom stereocenters. The van der Waals surface area contributed by atoms with Gasteiger partial charge in [0.2, 0.25) is 0 Å². The fourth-order valence-corrected chi connectivity index (χ4v) is 4.24. The van der Waals surface area contributed by atoms with Gasteiger partial charge in [-0.3, -0.25) is 9.59 Å². The van der Waals surface area contributed by atoms with Gasteiger partial charge < -0.3 is 10.0 Å². The van der Waals surface area contributed by atoms with Crippen molar-refractivity contribution in [2.45, 2.75) is 31.9 Å². The summed E-state index contributed by atoms with van der Waals surface area (Å²) in [7, 11) is 0. The molecular formula is C25H22BrNO3. The smallest absolute Gasteiger partial charge is 0.264 e. The van der Waals surface area contributed by atoms with Gasteiger partial charge in [-0.05, 0) is 35.7 Å². The second-order valence-electron chi connectivity index (χ2n) is 7.55. The van der Waals surface area contributed by atoms with Gasteiger partial charge in [0.15, 0.2) is 11.4 Å². The molecule has 0 aromatic heterocycles. The van der Waals surface area contributed by atoms with Gasteiger partial charge in [0, 0.05) is 15.6 Å². The van der Waals surface area contributed by atoms with Crippen molar-refractivity contribution in [1.29, 1.82) is 0 Å². The molecule has 0 saturated carbocycles. The number of nitrogens with zero attached hydrogens (tertiary/aromatic N) is 1. The number of carbonyl (C=O) groups excluding carboxylic acids is 2. The SMILES string of the molecule is CCc1ccc(C(=O)C[C@@]2(O)C(=O)N(Cc3ccccc3)c3ccc(Br)cc32)cc1. The van der Waals surface area contributed by atoms with Crippen molar-refractivity contribution in [2.24, 2.45) is 0 Å². The van der Waals surface area contributed by atoms with Crippen LogP contribution in [-0.2, 0) is 23.4 Å². The van der Waals surface area contributed by atoms with Crippen molar-refractivity contribution < 1.29 is 14.7 Å². The highest BCUT2D eigenvalue weighted by atomic mass is 79.9. The molecule has 4 rings (SSSR count). The van der Waals surface area contributed by atoms with E-state index in [0.29, 0.717) is 23.4 Å². The number of ketones is 1. The summed E-state index contributed by atoms with van der Waals surface area (Å²) in [4.78, 5) is 27.9. The lowest BCUT2D eigenvalue weighted by atomic mass is 9.88. The molecule has 152 valence electrons. The molecule has 0 saturated heterocycles. The molecule has 1 N–H and O–H groups in total. The van der Waals surface area contributed by atoms with E-state index in [0.717, 1.165) is 22.0 Å². The predicted octanol–water partition coefficient (Wildman–Crippen LogP) is 5.02. The van der Waals surface area contributed by atoms with Crippen LogP contribution in [0.25, 0.3) is 0 Å². The molecule has 0 fully saturated rings. The highest BCUT2D eigenvalue weighted by Crippen LogP contribution is 2.44. The summed E-state index contributed by atoms with van der Waals surface area (Å²) in [6, 6.07) is 22.3. The van der Waals surface area contributed by atoms with E-state index >= 15 is 0 Å². The van der Waals surface area contributed by atoms with E-state index in [-0.39, 0.29) is 12.2 Å². The largest absolute Gasteiger partial charge is 0.375 e. The zero-order valence-electron chi connectivity index (χ0n) is 16.6. The molecule has 0 aliphatic carbocycles. The standard InChI is InChI=1S/C25H22BrNO3/c1-2-17-8-10-19(11-9-17)23(28)15-25(30)21-14-20(26)12-13-22(21)27(24(25)29)16-18-6-4-3-5-7-18/h3-14,30H,2,15-16H2,1H3/t25-/m0/s1. The lowest BCUT2D eigenvalue weighted by molar-refractivity contribution is -0.136. The van der Waals surface area contributed by atoms with Crippen molar-refractivity contribution in [3.8, 4) is 0 Å². The molecule has 1 aliphatic heterocycles. The number of hydrogen-bond donors (Lipinski definition) is 1. The molecule has 1 heterocycles. The first-order chi connectivity index (χ1) is 14.4. The number of benzene rings is 3. The Morgan fingerprint density at radius 1 is 1.00 bits per heavy atom. The van der Waals surface area contributed by atoms with Crippen LogP contribution in [-0.4, -0.2) is 16.8 Å². The van der Waals surface area contributed by atoms with E-state index in [9.17, 15) is 14.7 Å². The quantitative estimate of drug-likeness (QED) is 0.522. The first-order valence-corrected chi connectivity index (χ1v) is 10.7. The zero-order chi connectivity index (χ0) is 21.3. The summed E-state index contributed by atoms with van der Waals surface area (Å²) < 4.78 is 0.744. The molecule has 1 aliphatic rings. The number of aryl methyl sites for hydroxylation is 1. The van der Waals surface area contributed by atoms with Crippen LogP contribution in [0.15, 0.2) is 77.3 Å². The molecule has 30 heavy (non-hydrogen) atoms. The van der Waals surface area contributed by atoms with E-state index in [4.69, 9.17) is 0 Å². The van der Waals surface area contributed by atoms with Gasteiger partial charge in [-0.25, -0.2) is 0 Å². The van der Waals surface area contributed by atoms with Crippen LogP contribution in [0.5, 0.6) is 0 Å². The van der Waals surface area contributed by atoms with Gasteiger partial charge >= 0.3 is 0 Å². The molecule has 3 aromatic rings. The Morgan fingerprint density at radius 2 is 1.70 bits per heavy atom. The normalized spacial score (nSPS) is 17.8. The second-order valence-corrected chi connectivity index (χ2v) is 8.46. The molecule has 0 spiro atoms. The topological polar surface area (TPSA) is 57.6 Å². The maximum Gasteiger partial charge on any atom is 0.264 e. The molecule has 1 amide bonds. The van der Waals surface area contributed by atoms with Gasteiger partial charge in [-0.15, -0.1) is 0 Å². The summed E-state index contributed by atoms with van der Waals surface area (Å²) in [6.45, 7) is 2.38. The second kappa shape index (κ2) is 8.17. The Labute approximate surface area is 184 Å². The van der Waals surface area contributed by atoms with Gasteiger partial charge in [-0.2, -0.15) is 0 Å². The van der Waals surface area contributed by atoms with Crippen LogP contribution >= 0.6 is 15.9 Å². The molecule has 0 bridgehead atoms. The van der Waals surface area contributed by atoms with Crippen LogP contribution in [0.4, 0.5) is 5.69 Å². The van der Waals surface area contributed by atoms with Crippen LogP contribution < -0.4 is 4.90 Å². The monoisotopic (exact) mass is 463 g/mol.